The van der Waals surface area contributed by atoms with Crippen molar-refractivity contribution in [1.29, 1.82) is 0 Å². The lowest BCUT2D eigenvalue weighted by Crippen LogP contribution is -2.54. The smallest absolute Gasteiger partial charge is 0.303 e. The molecular weight excluding hydrogens is 344 g/mol. The van der Waals surface area contributed by atoms with Crippen LogP contribution in [-0.2, 0) is 20.8 Å². The van der Waals surface area contributed by atoms with Crippen molar-refractivity contribution in [2.24, 2.45) is 0 Å². The standard InChI is InChI=1S/C21H30N2O4/c1-2-8-19(24)23-14-7-6-11-18(23)21(27)22-17(12-13-20(25)26)15-16-9-4-3-5-10-16/h3-5,9-10,17-18H,2,6-8,11-15H2,1H3,(H,22,27)(H,25,26). The molecule has 6 heteroatoms. The van der Waals surface area contributed by atoms with Gasteiger partial charge in [0.25, 0.3) is 0 Å². The van der Waals surface area contributed by atoms with Gasteiger partial charge in [-0.15, -0.1) is 0 Å². The number of benzene rings is 1. The lowest BCUT2D eigenvalue weighted by molar-refractivity contribution is -0.142. The predicted molar refractivity (Wildman–Crippen MR) is 103 cm³/mol. The number of nitrogens with zero attached hydrogens (tertiary/aromatic N) is 1. The highest BCUT2D eigenvalue weighted by atomic mass is 16.4. The SMILES string of the molecule is CCCC(=O)N1CCCCC1C(=O)NC(CCC(=O)O)Cc1ccccc1. The third kappa shape index (κ3) is 6.70. The number of carbonyl (C=O) groups is 3. The number of amides is 2. The van der Waals surface area contributed by atoms with E-state index in [9.17, 15) is 14.4 Å². The monoisotopic (exact) mass is 374 g/mol. The fourth-order valence-corrected chi connectivity index (χ4v) is 3.58. The van der Waals surface area contributed by atoms with Crippen LogP contribution in [0.1, 0.15) is 57.4 Å². The van der Waals surface area contributed by atoms with Gasteiger partial charge >= 0.3 is 5.97 Å². The van der Waals surface area contributed by atoms with Crippen LogP contribution in [0.5, 0.6) is 0 Å². The van der Waals surface area contributed by atoms with Crippen LogP contribution in [0.15, 0.2) is 30.3 Å². The molecule has 1 heterocycles. The zero-order chi connectivity index (χ0) is 19.6. The highest BCUT2D eigenvalue weighted by molar-refractivity contribution is 5.88. The molecule has 27 heavy (non-hydrogen) atoms. The van der Waals surface area contributed by atoms with E-state index in [1.807, 2.05) is 37.3 Å². The number of carboxylic acid groups (broad SMARTS) is 1. The van der Waals surface area contributed by atoms with E-state index in [4.69, 9.17) is 5.11 Å². The highest BCUT2D eigenvalue weighted by Gasteiger charge is 2.32. The Bertz CT molecular complexity index is 632. The first kappa shape index (κ1) is 20.9. The minimum absolute atomic E-state index is 0.000919. The Kier molecular flexibility index (Phi) is 8.30. The summed E-state index contributed by atoms with van der Waals surface area (Å²) in [5.41, 5.74) is 1.05. The third-order valence-corrected chi connectivity index (χ3v) is 4.97. The van der Waals surface area contributed by atoms with Gasteiger partial charge in [-0.2, -0.15) is 0 Å². The maximum atomic E-state index is 12.9. The normalized spacial score (nSPS) is 18.0. The average Bonchev–Trinajstić information content (AvgIpc) is 2.67. The first-order chi connectivity index (χ1) is 13.0. The molecule has 1 aliphatic heterocycles. The Balaban J connectivity index is 2.05. The molecule has 148 valence electrons. The molecule has 2 unspecified atom stereocenters. The second kappa shape index (κ2) is 10.7. The van der Waals surface area contributed by atoms with Crippen LogP contribution in [0.3, 0.4) is 0 Å². The second-order valence-corrected chi connectivity index (χ2v) is 7.18. The topological polar surface area (TPSA) is 86.7 Å². The summed E-state index contributed by atoms with van der Waals surface area (Å²) in [4.78, 5) is 38.0. The maximum absolute atomic E-state index is 12.9. The number of carboxylic acids is 1. The van der Waals surface area contributed by atoms with Crippen LogP contribution in [0.2, 0.25) is 0 Å². The number of nitrogens with one attached hydrogen (secondary N) is 1. The molecule has 1 aromatic rings. The number of likely N-dealkylation sites (tertiary alicyclic amines) is 1. The van der Waals surface area contributed by atoms with Crippen LogP contribution >= 0.6 is 0 Å². The van der Waals surface area contributed by atoms with E-state index in [1.165, 1.54) is 0 Å². The number of piperidine rings is 1. The number of aliphatic carboxylic acids is 1. The molecule has 0 aromatic heterocycles. The largest absolute Gasteiger partial charge is 0.481 e. The molecule has 0 saturated carbocycles. The maximum Gasteiger partial charge on any atom is 0.303 e. The van der Waals surface area contributed by atoms with Gasteiger partial charge in [0.1, 0.15) is 6.04 Å². The molecule has 2 N–H and O–H groups in total. The molecular formula is C21H30N2O4. The van der Waals surface area contributed by atoms with Crippen LogP contribution in [0, 0.1) is 0 Å². The van der Waals surface area contributed by atoms with Crippen molar-refractivity contribution in [2.45, 2.75) is 70.4 Å². The van der Waals surface area contributed by atoms with Gasteiger partial charge in [-0.1, -0.05) is 37.3 Å². The number of rotatable bonds is 9. The van der Waals surface area contributed by atoms with Gasteiger partial charge in [0.05, 0.1) is 0 Å². The molecule has 2 amide bonds. The Labute approximate surface area is 160 Å². The zero-order valence-electron chi connectivity index (χ0n) is 16.0. The van der Waals surface area contributed by atoms with Gasteiger partial charge in [-0.3, -0.25) is 14.4 Å². The summed E-state index contributed by atoms with van der Waals surface area (Å²) in [6.45, 7) is 2.58. The first-order valence-corrected chi connectivity index (χ1v) is 9.86. The van der Waals surface area contributed by atoms with Crippen molar-refractivity contribution < 1.29 is 19.5 Å². The molecule has 0 radical (unpaired) electrons. The first-order valence-electron chi connectivity index (χ1n) is 9.86. The molecule has 2 atom stereocenters. The van der Waals surface area contributed by atoms with Crippen molar-refractivity contribution in [2.75, 3.05) is 6.54 Å². The van der Waals surface area contributed by atoms with Crippen molar-refractivity contribution >= 4 is 17.8 Å². The van der Waals surface area contributed by atoms with Gasteiger partial charge in [0.15, 0.2) is 0 Å². The molecule has 0 bridgehead atoms. The fraction of sp³-hybridized carbons (Fsp3) is 0.571. The zero-order valence-corrected chi connectivity index (χ0v) is 16.0. The van der Waals surface area contributed by atoms with E-state index < -0.39 is 12.0 Å². The van der Waals surface area contributed by atoms with E-state index in [1.54, 1.807) is 4.90 Å². The van der Waals surface area contributed by atoms with E-state index in [2.05, 4.69) is 5.32 Å². The third-order valence-electron chi connectivity index (χ3n) is 4.97. The van der Waals surface area contributed by atoms with Gasteiger partial charge in [0, 0.05) is 25.4 Å². The number of hydrogen-bond acceptors (Lipinski definition) is 3. The Morgan fingerprint density at radius 1 is 1.19 bits per heavy atom. The summed E-state index contributed by atoms with van der Waals surface area (Å²) < 4.78 is 0. The lowest BCUT2D eigenvalue weighted by Gasteiger charge is -2.35. The molecule has 1 aromatic carbocycles. The van der Waals surface area contributed by atoms with E-state index in [-0.39, 0.29) is 24.3 Å². The number of carbonyl (C=O) groups excluding carboxylic acids is 2. The van der Waals surface area contributed by atoms with Crippen molar-refractivity contribution in [3.8, 4) is 0 Å². The molecule has 1 aliphatic rings. The van der Waals surface area contributed by atoms with Crippen LogP contribution in [-0.4, -0.2) is 46.4 Å². The minimum Gasteiger partial charge on any atom is -0.481 e. The summed E-state index contributed by atoms with van der Waals surface area (Å²) in [5, 5.41) is 12.0. The summed E-state index contributed by atoms with van der Waals surface area (Å²) in [6.07, 6.45) is 4.67. The Morgan fingerprint density at radius 2 is 1.93 bits per heavy atom. The number of hydrogen-bond donors (Lipinski definition) is 2. The molecule has 2 rings (SSSR count). The van der Waals surface area contributed by atoms with Crippen LogP contribution < -0.4 is 5.32 Å². The van der Waals surface area contributed by atoms with Gasteiger partial charge in [-0.25, -0.2) is 0 Å². The van der Waals surface area contributed by atoms with Crippen LogP contribution in [0.25, 0.3) is 0 Å². The average molecular weight is 374 g/mol. The van der Waals surface area contributed by atoms with Crippen molar-refractivity contribution in [3.63, 3.8) is 0 Å². The Morgan fingerprint density at radius 3 is 2.59 bits per heavy atom. The van der Waals surface area contributed by atoms with Gasteiger partial charge < -0.3 is 15.3 Å². The molecule has 0 spiro atoms. The summed E-state index contributed by atoms with van der Waals surface area (Å²) in [5.74, 6) is -1.01. The van der Waals surface area contributed by atoms with Crippen molar-refractivity contribution in [1.82, 2.24) is 10.2 Å². The molecule has 1 saturated heterocycles. The van der Waals surface area contributed by atoms with E-state index in [0.29, 0.717) is 32.2 Å². The van der Waals surface area contributed by atoms with Crippen LogP contribution in [0.4, 0.5) is 0 Å². The van der Waals surface area contributed by atoms with E-state index in [0.717, 1.165) is 24.8 Å². The van der Waals surface area contributed by atoms with Gasteiger partial charge in [0.2, 0.25) is 11.8 Å². The fourth-order valence-electron chi connectivity index (χ4n) is 3.58. The summed E-state index contributed by atoms with van der Waals surface area (Å²) in [7, 11) is 0. The summed E-state index contributed by atoms with van der Waals surface area (Å²) >= 11 is 0. The van der Waals surface area contributed by atoms with Crippen molar-refractivity contribution in [3.05, 3.63) is 35.9 Å². The predicted octanol–water partition coefficient (Wildman–Crippen LogP) is 2.76. The molecule has 6 nitrogen and oxygen atoms in total. The second-order valence-electron chi connectivity index (χ2n) is 7.18. The minimum atomic E-state index is -0.875. The molecule has 0 aliphatic carbocycles. The lowest BCUT2D eigenvalue weighted by atomic mass is 9.98. The quantitative estimate of drug-likeness (QED) is 0.696. The van der Waals surface area contributed by atoms with E-state index >= 15 is 0 Å². The van der Waals surface area contributed by atoms with Gasteiger partial charge in [-0.05, 0) is 44.1 Å². The molecule has 1 fully saturated rings. The highest BCUT2D eigenvalue weighted by Crippen LogP contribution is 2.19. The Hall–Kier alpha value is -2.37. The summed E-state index contributed by atoms with van der Waals surface area (Å²) in [6, 6.07) is 9.01.